The smallest absolute Gasteiger partial charge is 0.0236 e. The first-order chi connectivity index (χ1) is 9.91. The normalized spacial score (nSPS) is 13.4. The van der Waals surface area contributed by atoms with Crippen LogP contribution in [-0.2, 0) is 13.0 Å². The standard InChI is InChI=1S/C19H34N2/c1-15(2)13-20-12-11-18-9-7-8-10-19(18)14-21(6)17(5)16(3)4/h7-10,15-17,20H,11-14H2,1-6H3. The molecule has 0 aromatic heterocycles. The van der Waals surface area contributed by atoms with Crippen molar-refractivity contribution in [3.05, 3.63) is 35.4 Å². The molecule has 0 aliphatic rings. The van der Waals surface area contributed by atoms with Gasteiger partial charge in [-0.2, -0.15) is 0 Å². The maximum Gasteiger partial charge on any atom is 0.0236 e. The molecule has 1 rings (SSSR count). The van der Waals surface area contributed by atoms with E-state index >= 15 is 0 Å². The van der Waals surface area contributed by atoms with Crippen molar-refractivity contribution in [2.45, 2.75) is 53.6 Å². The molecule has 1 aromatic carbocycles. The summed E-state index contributed by atoms with van der Waals surface area (Å²) in [5.41, 5.74) is 2.95. The van der Waals surface area contributed by atoms with Crippen molar-refractivity contribution >= 4 is 0 Å². The molecule has 0 bridgehead atoms. The lowest BCUT2D eigenvalue weighted by Gasteiger charge is -2.28. The zero-order valence-electron chi connectivity index (χ0n) is 14.8. The topological polar surface area (TPSA) is 15.3 Å². The molecule has 1 N–H and O–H groups in total. The maximum absolute atomic E-state index is 3.54. The minimum Gasteiger partial charge on any atom is -0.316 e. The quantitative estimate of drug-likeness (QED) is 0.693. The van der Waals surface area contributed by atoms with E-state index in [9.17, 15) is 0 Å². The van der Waals surface area contributed by atoms with Crippen molar-refractivity contribution < 1.29 is 0 Å². The van der Waals surface area contributed by atoms with Gasteiger partial charge in [-0.25, -0.2) is 0 Å². The average molecular weight is 290 g/mol. The van der Waals surface area contributed by atoms with Gasteiger partial charge >= 0.3 is 0 Å². The fourth-order valence-corrected chi connectivity index (χ4v) is 2.49. The largest absolute Gasteiger partial charge is 0.316 e. The molecule has 1 aromatic rings. The lowest BCUT2D eigenvalue weighted by Crippen LogP contribution is -2.33. The van der Waals surface area contributed by atoms with Crippen LogP contribution < -0.4 is 5.32 Å². The van der Waals surface area contributed by atoms with E-state index in [1.165, 1.54) is 11.1 Å². The van der Waals surface area contributed by atoms with Crippen LogP contribution in [0, 0.1) is 11.8 Å². The van der Waals surface area contributed by atoms with Crippen LogP contribution in [0.5, 0.6) is 0 Å². The van der Waals surface area contributed by atoms with Crippen LogP contribution in [0.3, 0.4) is 0 Å². The third kappa shape index (κ3) is 6.62. The Morgan fingerprint density at radius 3 is 2.19 bits per heavy atom. The molecule has 0 spiro atoms. The molecule has 0 aliphatic carbocycles. The molecule has 1 atom stereocenters. The van der Waals surface area contributed by atoms with Gasteiger partial charge in [-0.1, -0.05) is 52.0 Å². The third-order valence-corrected chi connectivity index (χ3v) is 4.32. The molecule has 2 nitrogen and oxygen atoms in total. The van der Waals surface area contributed by atoms with Crippen LogP contribution in [0.25, 0.3) is 0 Å². The average Bonchev–Trinajstić information content (AvgIpc) is 2.43. The minimum absolute atomic E-state index is 0.608. The van der Waals surface area contributed by atoms with E-state index in [-0.39, 0.29) is 0 Å². The second kappa shape index (κ2) is 9.22. The molecule has 120 valence electrons. The molecule has 0 saturated heterocycles. The van der Waals surface area contributed by atoms with Crippen molar-refractivity contribution in [1.29, 1.82) is 0 Å². The van der Waals surface area contributed by atoms with Crippen LogP contribution in [-0.4, -0.2) is 31.1 Å². The summed E-state index contributed by atoms with van der Waals surface area (Å²) in [6.45, 7) is 14.6. The van der Waals surface area contributed by atoms with Crippen molar-refractivity contribution in [2.75, 3.05) is 20.1 Å². The first kappa shape index (κ1) is 18.2. The van der Waals surface area contributed by atoms with Gasteiger partial charge in [0.15, 0.2) is 0 Å². The molecule has 0 fully saturated rings. The monoisotopic (exact) mass is 290 g/mol. The number of rotatable bonds is 9. The Labute approximate surface area is 131 Å². The highest BCUT2D eigenvalue weighted by Gasteiger charge is 2.14. The Balaban J connectivity index is 2.58. The third-order valence-electron chi connectivity index (χ3n) is 4.32. The Kier molecular flexibility index (Phi) is 7.98. The maximum atomic E-state index is 3.54. The molecule has 2 heteroatoms. The predicted octanol–water partition coefficient (Wildman–Crippen LogP) is 3.95. The first-order valence-corrected chi connectivity index (χ1v) is 8.39. The second-order valence-electron chi connectivity index (χ2n) is 7.02. The molecule has 1 unspecified atom stereocenters. The number of nitrogens with zero attached hydrogens (tertiary/aromatic N) is 1. The van der Waals surface area contributed by atoms with Crippen molar-refractivity contribution in [3.63, 3.8) is 0 Å². The van der Waals surface area contributed by atoms with E-state index in [4.69, 9.17) is 0 Å². The predicted molar refractivity (Wildman–Crippen MR) is 93.6 cm³/mol. The summed E-state index contributed by atoms with van der Waals surface area (Å²) >= 11 is 0. The highest BCUT2D eigenvalue weighted by Crippen LogP contribution is 2.16. The summed E-state index contributed by atoms with van der Waals surface area (Å²) in [6.07, 6.45) is 1.12. The van der Waals surface area contributed by atoms with Crippen LogP contribution in [0.4, 0.5) is 0 Å². The Morgan fingerprint density at radius 2 is 1.62 bits per heavy atom. The summed E-state index contributed by atoms with van der Waals surface area (Å²) in [7, 11) is 2.23. The van der Waals surface area contributed by atoms with Gasteiger partial charge in [0.2, 0.25) is 0 Å². The summed E-state index contributed by atoms with van der Waals surface area (Å²) in [5, 5.41) is 3.54. The van der Waals surface area contributed by atoms with Gasteiger partial charge in [-0.3, -0.25) is 4.90 Å². The SMILES string of the molecule is CC(C)CNCCc1ccccc1CN(C)C(C)C(C)C. The van der Waals surface area contributed by atoms with Gasteiger partial charge in [0.25, 0.3) is 0 Å². The summed E-state index contributed by atoms with van der Waals surface area (Å²) in [6, 6.07) is 9.49. The van der Waals surface area contributed by atoms with E-state index in [1.807, 2.05) is 0 Å². The fraction of sp³-hybridized carbons (Fsp3) is 0.684. The highest BCUT2D eigenvalue weighted by atomic mass is 15.1. The highest BCUT2D eigenvalue weighted by molar-refractivity contribution is 5.27. The number of hydrogen-bond acceptors (Lipinski definition) is 2. The molecule has 0 amide bonds. The van der Waals surface area contributed by atoms with Gasteiger partial charge in [-0.15, -0.1) is 0 Å². The first-order valence-electron chi connectivity index (χ1n) is 8.39. The Bertz CT molecular complexity index is 398. The number of nitrogens with one attached hydrogen (secondary N) is 1. The fourth-order valence-electron chi connectivity index (χ4n) is 2.49. The van der Waals surface area contributed by atoms with Crippen molar-refractivity contribution in [3.8, 4) is 0 Å². The van der Waals surface area contributed by atoms with Gasteiger partial charge < -0.3 is 5.32 Å². The summed E-state index contributed by atoms with van der Waals surface area (Å²) in [5.74, 6) is 1.41. The molecule has 0 saturated carbocycles. The van der Waals surface area contributed by atoms with E-state index in [0.717, 1.165) is 32.0 Å². The Morgan fingerprint density at radius 1 is 1.00 bits per heavy atom. The number of hydrogen-bond donors (Lipinski definition) is 1. The van der Waals surface area contributed by atoms with Crippen LogP contribution in [0.2, 0.25) is 0 Å². The van der Waals surface area contributed by atoms with Gasteiger partial charge in [-0.05, 0) is 56.4 Å². The molecule has 21 heavy (non-hydrogen) atoms. The minimum atomic E-state index is 0.608. The van der Waals surface area contributed by atoms with E-state index in [0.29, 0.717) is 12.0 Å². The second-order valence-corrected chi connectivity index (χ2v) is 7.02. The van der Waals surface area contributed by atoms with Gasteiger partial charge in [0.05, 0.1) is 0 Å². The van der Waals surface area contributed by atoms with E-state index in [2.05, 4.69) is 76.1 Å². The van der Waals surface area contributed by atoms with Crippen LogP contribution >= 0.6 is 0 Å². The molecule has 0 aliphatic heterocycles. The number of benzene rings is 1. The van der Waals surface area contributed by atoms with Gasteiger partial charge in [0.1, 0.15) is 0 Å². The van der Waals surface area contributed by atoms with Crippen LogP contribution in [0.15, 0.2) is 24.3 Å². The van der Waals surface area contributed by atoms with E-state index in [1.54, 1.807) is 0 Å². The molecular formula is C19H34N2. The molecular weight excluding hydrogens is 256 g/mol. The van der Waals surface area contributed by atoms with Gasteiger partial charge in [0, 0.05) is 12.6 Å². The van der Waals surface area contributed by atoms with Crippen molar-refractivity contribution in [2.24, 2.45) is 11.8 Å². The van der Waals surface area contributed by atoms with E-state index < -0.39 is 0 Å². The zero-order chi connectivity index (χ0) is 15.8. The molecule has 0 heterocycles. The zero-order valence-corrected chi connectivity index (χ0v) is 14.8. The molecule has 0 radical (unpaired) electrons. The summed E-state index contributed by atoms with van der Waals surface area (Å²) < 4.78 is 0. The van der Waals surface area contributed by atoms with Crippen molar-refractivity contribution in [1.82, 2.24) is 10.2 Å². The lowest BCUT2D eigenvalue weighted by molar-refractivity contribution is 0.200. The Hall–Kier alpha value is -0.860. The lowest BCUT2D eigenvalue weighted by atomic mass is 10.0. The van der Waals surface area contributed by atoms with Crippen LogP contribution in [0.1, 0.15) is 45.7 Å². The summed E-state index contributed by atoms with van der Waals surface area (Å²) in [4.78, 5) is 2.46.